The van der Waals surface area contributed by atoms with E-state index in [0.29, 0.717) is 22.3 Å². The SMILES string of the molecule is COc1cc(OC)cc(C(Cl)c2ccc(OC)cc2Cl)c1. The third kappa shape index (κ3) is 3.55. The molecule has 0 heterocycles. The summed E-state index contributed by atoms with van der Waals surface area (Å²) in [4.78, 5) is 0. The lowest BCUT2D eigenvalue weighted by molar-refractivity contribution is 0.393. The molecule has 0 spiro atoms. The van der Waals surface area contributed by atoms with Crippen LogP contribution in [0.1, 0.15) is 16.5 Å². The van der Waals surface area contributed by atoms with Crippen LogP contribution in [0.15, 0.2) is 36.4 Å². The van der Waals surface area contributed by atoms with Crippen LogP contribution in [0.25, 0.3) is 0 Å². The van der Waals surface area contributed by atoms with Crippen molar-refractivity contribution in [1.29, 1.82) is 0 Å². The van der Waals surface area contributed by atoms with E-state index in [4.69, 9.17) is 37.4 Å². The first-order valence-corrected chi connectivity index (χ1v) is 7.11. The zero-order valence-corrected chi connectivity index (χ0v) is 13.5. The molecule has 0 radical (unpaired) electrons. The lowest BCUT2D eigenvalue weighted by atomic mass is 10.0. The van der Waals surface area contributed by atoms with Gasteiger partial charge in [-0.3, -0.25) is 0 Å². The van der Waals surface area contributed by atoms with E-state index in [2.05, 4.69) is 0 Å². The standard InChI is InChI=1S/C16H16Cl2O3/c1-19-11-4-5-14(15(17)9-11)16(18)10-6-12(20-2)8-13(7-10)21-3/h4-9,16H,1-3H3. The molecule has 0 amide bonds. The Morgan fingerprint density at radius 3 is 1.86 bits per heavy atom. The van der Waals surface area contributed by atoms with Crippen molar-refractivity contribution >= 4 is 23.2 Å². The van der Waals surface area contributed by atoms with Crippen molar-refractivity contribution in [3.63, 3.8) is 0 Å². The number of benzene rings is 2. The maximum atomic E-state index is 6.55. The van der Waals surface area contributed by atoms with Crippen molar-refractivity contribution < 1.29 is 14.2 Å². The van der Waals surface area contributed by atoms with E-state index < -0.39 is 5.38 Å². The molecule has 0 N–H and O–H groups in total. The van der Waals surface area contributed by atoms with Crippen molar-refractivity contribution in [2.45, 2.75) is 5.38 Å². The molecule has 0 aromatic heterocycles. The van der Waals surface area contributed by atoms with Gasteiger partial charge in [0.05, 0.1) is 26.7 Å². The first-order chi connectivity index (χ1) is 10.1. The molecule has 1 unspecified atom stereocenters. The van der Waals surface area contributed by atoms with Gasteiger partial charge in [0.25, 0.3) is 0 Å². The van der Waals surface area contributed by atoms with Crippen LogP contribution >= 0.6 is 23.2 Å². The van der Waals surface area contributed by atoms with Gasteiger partial charge in [0.1, 0.15) is 17.2 Å². The molecular formula is C16H16Cl2O3. The minimum atomic E-state index is -0.410. The molecule has 21 heavy (non-hydrogen) atoms. The maximum Gasteiger partial charge on any atom is 0.122 e. The molecule has 0 aliphatic heterocycles. The Balaban J connectivity index is 2.41. The Labute approximate surface area is 134 Å². The van der Waals surface area contributed by atoms with Gasteiger partial charge in [-0.25, -0.2) is 0 Å². The predicted octanol–water partition coefficient (Wildman–Crippen LogP) is 4.69. The summed E-state index contributed by atoms with van der Waals surface area (Å²) in [6.45, 7) is 0. The van der Waals surface area contributed by atoms with E-state index in [9.17, 15) is 0 Å². The van der Waals surface area contributed by atoms with Crippen LogP contribution in [0.4, 0.5) is 0 Å². The summed E-state index contributed by atoms with van der Waals surface area (Å²) in [5.74, 6) is 2.05. The molecule has 2 aromatic rings. The minimum absolute atomic E-state index is 0.410. The maximum absolute atomic E-state index is 6.55. The van der Waals surface area contributed by atoms with Gasteiger partial charge in [0.2, 0.25) is 0 Å². The molecule has 0 saturated heterocycles. The topological polar surface area (TPSA) is 27.7 Å². The highest BCUT2D eigenvalue weighted by atomic mass is 35.5. The quantitative estimate of drug-likeness (QED) is 0.746. The van der Waals surface area contributed by atoms with E-state index in [1.165, 1.54) is 0 Å². The van der Waals surface area contributed by atoms with Gasteiger partial charge in [-0.2, -0.15) is 0 Å². The number of hydrogen-bond donors (Lipinski definition) is 0. The highest BCUT2D eigenvalue weighted by molar-refractivity contribution is 6.33. The number of hydrogen-bond acceptors (Lipinski definition) is 3. The Kier molecular flexibility index (Phi) is 5.21. The van der Waals surface area contributed by atoms with Crippen LogP contribution < -0.4 is 14.2 Å². The monoisotopic (exact) mass is 326 g/mol. The summed E-state index contributed by atoms with van der Waals surface area (Å²) >= 11 is 12.8. The Bertz CT molecular complexity index is 607. The first-order valence-electron chi connectivity index (χ1n) is 6.29. The number of ether oxygens (including phenoxy) is 3. The summed E-state index contributed by atoms with van der Waals surface area (Å²) in [5, 5.41) is 0.142. The van der Waals surface area contributed by atoms with Crippen LogP contribution in [0.2, 0.25) is 5.02 Å². The highest BCUT2D eigenvalue weighted by Gasteiger charge is 2.17. The van der Waals surface area contributed by atoms with Crippen LogP contribution in [0.3, 0.4) is 0 Å². The van der Waals surface area contributed by atoms with E-state index in [0.717, 1.165) is 11.1 Å². The van der Waals surface area contributed by atoms with Crippen LogP contribution in [0, 0.1) is 0 Å². The van der Waals surface area contributed by atoms with Gasteiger partial charge >= 0.3 is 0 Å². The third-order valence-electron chi connectivity index (χ3n) is 3.15. The largest absolute Gasteiger partial charge is 0.497 e. The van der Waals surface area contributed by atoms with E-state index in [1.807, 2.05) is 24.3 Å². The smallest absolute Gasteiger partial charge is 0.122 e. The van der Waals surface area contributed by atoms with Gasteiger partial charge in [-0.15, -0.1) is 11.6 Å². The fraction of sp³-hybridized carbons (Fsp3) is 0.250. The summed E-state index contributed by atoms with van der Waals surface area (Å²) in [7, 11) is 4.79. The second kappa shape index (κ2) is 6.92. The first kappa shape index (κ1) is 15.8. The van der Waals surface area contributed by atoms with Crippen molar-refractivity contribution in [2.24, 2.45) is 0 Å². The lowest BCUT2D eigenvalue weighted by Crippen LogP contribution is -1.97. The van der Waals surface area contributed by atoms with Crippen LogP contribution in [0.5, 0.6) is 17.2 Å². The highest BCUT2D eigenvalue weighted by Crippen LogP contribution is 2.38. The molecule has 2 aromatic carbocycles. The molecule has 2 rings (SSSR count). The molecule has 0 aliphatic rings. The number of methoxy groups -OCH3 is 3. The van der Waals surface area contributed by atoms with Crippen molar-refractivity contribution in [2.75, 3.05) is 21.3 Å². The average molecular weight is 327 g/mol. The fourth-order valence-electron chi connectivity index (χ4n) is 2.00. The van der Waals surface area contributed by atoms with Gasteiger partial charge < -0.3 is 14.2 Å². The predicted molar refractivity (Wildman–Crippen MR) is 85.2 cm³/mol. The van der Waals surface area contributed by atoms with E-state index in [1.54, 1.807) is 33.5 Å². The third-order valence-corrected chi connectivity index (χ3v) is 3.96. The summed E-state index contributed by atoms with van der Waals surface area (Å²) in [5.41, 5.74) is 1.65. The summed E-state index contributed by atoms with van der Waals surface area (Å²) in [6, 6.07) is 10.9. The van der Waals surface area contributed by atoms with Crippen molar-refractivity contribution in [1.82, 2.24) is 0 Å². The van der Waals surface area contributed by atoms with Gasteiger partial charge in [-0.1, -0.05) is 17.7 Å². The zero-order valence-electron chi connectivity index (χ0n) is 12.0. The second-order valence-electron chi connectivity index (χ2n) is 4.40. The second-order valence-corrected chi connectivity index (χ2v) is 5.24. The van der Waals surface area contributed by atoms with Gasteiger partial charge in [0, 0.05) is 11.1 Å². The Morgan fingerprint density at radius 1 is 0.810 bits per heavy atom. The summed E-state index contributed by atoms with van der Waals surface area (Å²) in [6.07, 6.45) is 0. The van der Waals surface area contributed by atoms with Crippen LogP contribution in [-0.4, -0.2) is 21.3 Å². The van der Waals surface area contributed by atoms with Gasteiger partial charge in [0.15, 0.2) is 0 Å². The molecule has 0 fully saturated rings. The fourth-order valence-corrected chi connectivity index (χ4v) is 2.65. The van der Waals surface area contributed by atoms with E-state index in [-0.39, 0.29) is 0 Å². The van der Waals surface area contributed by atoms with E-state index >= 15 is 0 Å². The molecule has 5 heteroatoms. The van der Waals surface area contributed by atoms with Gasteiger partial charge in [-0.05, 0) is 35.4 Å². The summed E-state index contributed by atoms with van der Waals surface area (Å²) < 4.78 is 15.7. The minimum Gasteiger partial charge on any atom is -0.497 e. The number of alkyl halides is 1. The molecule has 112 valence electrons. The normalized spacial score (nSPS) is 11.9. The molecule has 0 bridgehead atoms. The van der Waals surface area contributed by atoms with Crippen molar-refractivity contribution in [3.8, 4) is 17.2 Å². The Morgan fingerprint density at radius 2 is 1.38 bits per heavy atom. The van der Waals surface area contributed by atoms with Crippen LogP contribution in [-0.2, 0) is 0 Å². The molecule has 0 saturated carbocycles. The lowest BCUT2D eigenvalue weighted by Gasteiger charge is -2.15. The van der Waals surface area contributed by atoms with Crippen molar-refractivity contribution in [3.05, 3.63) is 52.5 Å². The average Bonchev–Trinajstić information content (AvgIpc) is 2.53. The number of rotatable bonds is 5. The molecule has 3 nitrogen and oxygen atoms in total. The molecular weight excluding hydrogens is 311 g/mol. The molecule has 0 aliphatic carbocycles. The molecule has 1 atom stereocenters. The number of halogens is 2. The Hall–Kier alpha value is -1.58. The zero-order chi connectivity index (χ0) is 15.4.